The SMILES string of the molecule is COc1ccc(-c2noc(CSc3nc4ccsc4c(=O)n3-c3ccccc3)n2)cc1OC. The summed E-state index contributed by atoms with van der Waals surface area (Å²) in [7, 11) is 3.15. The van der Waals surface area contributed by atoms with E-state index in [2.05, 4.69) is 10.1 Å². The lowest BCUT2D eigenvalue weighted by atomic mass is 10.2. The first-order valence-corrected chi connectivity index (χ1v) is 11.8. The number of nitrogens with zero attached hydrogens (tertiary/aromatic N) is 4. The number of hydrogen-bond acceptors (Lipinski definition) is 9. The fourth-order valence-electron chi connectivity index (χ4n) is 3.33. The molecule has 3 heterocycles. The van der Waals surface area contributed by atoms with Crippen molar-refractivity contribution in [2.24, 2.45) is 0 Å². The van der Waals surface area contributed by atoms with Gasteiger partial charge in [-0.3, -0.25) is 9.36 Å². The molecule has 0 spiro atoms. The molecule has 8 nitrogen and oxygen atoms in total. The van der Waals surface area contributed by atoms with Crippen LogP contribution in [0.4, 0.5) is 0 Å². The molecule has 0 aliphatic rings. The third-order valence-electron chi connectivity index (χ3n) is 4.90. The molecule has 5 rings (SSSR count). The van der Waals surface area contributed by atoms with Gasteiger partial charge in [-0.15, -0.1) is 11.3 Å². The van der Waals surface area contributed by atoms with Gasteiger partial charge in [0.1, 0.15) is 4.70 Å². The van der Waals surface area contributed by atoms with Crippen LogP contribution in [-0.4, -0.2) is 33.9 Å². The van der Waals surface area contributed by atoms with Crippen molar-refractivity contribution in [3.63, 3.8) is 0 Å². The second-order valence-electron chi connectivity index (χ2n) is 6.88. The summed E-state index contributed by atoms with van der Waals surface area (Å²) in [6, 6.07) is 16.7. The van der Waals surface area contributed by atoms with Crippen molar-refractivity contribution < 1.29 is 14.0 Å². The monoisotopic (exact) mass is 478 g/mol. The van der Waals surface area contributed by atoms with Gasteiger partial charge in [-0.1, -0.05) is 35.1 Å². The van der Waals surface area contributed by atoms with Crippen LogP contribution >= 0.6 is 23.1 Å². The number of benzene rings is 2. The van der Waals surface area contributed by atoms with Gasteiger partial charge in [-0.2, -0.15) is 4.98 Å². The summed E-state index contributed by atoms with van der Waals surface area (Å²) < 4.78 is 18.3. The molecule has 0 saturated heterocycles. The van der Waals surface area contributed by atoms with Crippen LogP contribution in [0.5, 0.6) is 11.5 Å². The fraction of sp³-hybridized carbons (Fsp3) is 0.130. The van der Waals surface area contributed by atoms with Gasteiger partial charge in [0.15, 0.2) is 16.7 Å². The summed E-state index contributed by atoms with van der Waals surface area (Å²) in [5.74, 6) is 2.41. The van der Waals surface area contributed by atoms with Crippen LogP contribution in [0.25, 0.3) is 27.3 Å². The third-order valence-corrected chi connectivity index (χ3v) is 6.71. The molecule has 0 atom stereocenters. The molecular weight excluding hydrogens is 460 g/mol. The molecule has 0 radical (unpaired) electrons. The van der Waals surface area contributed by atoms with Crippen molar-refractivity contribution >= 4 is 33.3 Å². The highest BCUT2D eigenvalue weighted by molar-refractivity contribution is 7.98. The lowest BCUT2D eigenvalue weighted by Crippen LogP contribution is -2.20. The minimum atomic E-state index is -0.0970. The topological polar surface area (TPSA) is 92.3 Å². The van der Waals surface area contributed by atoms with E-state index in [0.29, 0.717) is 44.3 Å². The Morgan fingerprint density at radius 2 is 1.85 bits per heavy atom. The maximum atomic E-state index is 13.2. The number of hydrogen-bond donors (Lipinski definition) is 0. The largest absolute Gasteiger partial charge is 0.493 e. The molecule has 0 aliphatic heterocycles. The second-order valence-corrected chi connectivity index (χ2v) is 8.73. The number of ether oxygens (including phenoxy) is 2. The predicted octanol–water partition coefficient (Wildman–Crippen LogP) is 4.81. The Morgan fingerprint density at radius 1 is 1.03 bits per heavy atom. The van der Waals surface area contributed by atoms with E-state index < -0.39 is 0 Å². The van der Waals surface area contributed by atoms with Crippen LogP contribution in [0.15, 0.2) is 74.5 Å². The highest BCUT2D eigenvalue weighted by atomic mass is 32.2. The first kappa shape index (κ1) is 21.2. The van der Waals surface area contributed by atoms with Crippen LogP contribution in [0.1, 0.15) is 5.89 Å². The molecule has 10 heteroatoms. The first-order valence-electron chi connectivity index (χ1n) is 9.91. The Hall–Kier alpha value is -3.63. The molecule has 0 N–H and O–H groups in total. The van der Waals surface area contributed by atoms with E-state index in [-0.39, 0.29) is 5.56 Å². The van der Waals surface area contributed by atoms with Gasteiger partial charge < -0.3 is 14.0 Å². The Labute approximate surface area is 196 Å². The molecule has 2 aromatic carbocycles. The molecular formula is C23H18N4O4S2. The molecule has 0 fully saturated rings. The van der Waals surface area contributed by atoms with E-state index in [4.69, 9.17) is 19.0 Å². The number of aromatic nitrogens is 4. The average Bonchev–Trinajstić information content (AvgIpc) is 3.53. The van der Waals surface area contributed by atoms with Crippen molar-refractivity contribution in [3.05, 3.63) is 76.2 Å². The summed E-state index contributed by atoms with van der Waals surface area (Å²) in [5.41, 5.74) is 2.08. The van der Waals surface area contributed by atoms with Gasteiger partial charge in [-0.05, 0) is 41.8 Å². The Balaban J connectivity index is 1.45. The maximum absolute atomic E-state index is 13.2. The minimum Gasteiger partial charge on any atom is -0.493 e. The Bertz CT molecular complexity index is 1480. The number of rotatable bonds is 7. The summed E-state index contributed by atoms with van der Waals surface area (Å²) in [6.45, 7) is 0. The smallest absolute Gasteiger partial charge is 0.276 e. The second kappa shape index (κ2) is 9.08. The van der Waals surface area contributed by atoms with Gasteiger partial charge in [0.25, 0.3) is 5.56 Å². The molecule has 166 valence electrons. The van der Waals surface area contributed by atoms with Crippen molar-refractivity contribution in [2.75, 3.05) is 14.2 Å². The highest BCUT2D eigenvalue weighted by Crippen LogP contribution is 2.32. The molecule has 0 bridgehead atoms. The lowest BCUT2D eigenvalue weighted by Gasteiger charge is -2.11. The van der Waals surface area contributed by atoms with E-state index in [1.54, 1.807) is 30.9 Å². The number of thiophene rings is 1. The quantitative estimate of drug-likeness (QED) is 0.243. The van der Waals surface area contributed by atoms with E-state index in [1.807, 2.05) is 47.8 Å². The van der Waals surface area contributed by atoms with E-state index in [0.717, 1.165) is 11.3 Å². The molecule has 33 heavy (non-hydrogen) atoms. The summed E-state index contributed by atoms with van der Waals surface area (Å²) in [6.07, 6.45) is 0. The molecule has 0 unspecified atom stereocenters. The zero-order valence-electron chi connectivity index (χ0n) is 17.7. The first-order chi connectivity index (χ1) is 16.2. The van der Waals surface area contributed by atoms with E-state index in [1.165, 1.54) is 23.1 Å². The zero-order chi connectivity index (χ0) is 22.8. The van der Waals surface area contributed by atoms with Crippen molar-refractivity contribution in [1.82, 2.24) is 19.7 Å². The van der Waals surface area contributed by atoms with Crippen molar-refractivity contribution in [1.29, 1.82) is 0 Å². The molecule has 5 aromatic rings. The van der Waals surface area contributed by atoms with Crippen molar-refractivity contribution in [2.45, 2.75) is 10.9 Å². The Kier molecular flexibility index (Phi) is 5.84. The zero-order valence-corrected chi connectivity index (χ0v) is 19.4. The van der Waals surface area contributed by atoms with E-state index >= 15 is 0 Å². The van der Waals surface area contributed by atoms with Gasteiger partial charge in [0.05, 0.1) is 31.2 Å². The van der Waals surface area contributed by atoms with Crippen LogP contribution < -0.4 is 15.0 Å². The number of para-hydroxylation sites is 1. The van der Waals surface area contributed by atoms with Crippen LogP contribution in [0.2, 0.25) is 0 Å². The fourth-order valence-corrected chi connectivity index (χ4v) is 4.94. The van der Waals surface area contributed by atoms with Gasteiger partial charge in [0, 0.05) is 5.56 Å². The molecule has 0 aliphatic carbocycles. The predicted molar refractivity (Wildman–Crippen MR) is 128 cm³/mol. The molecule has 3 aromatic heterocycles. The highest BCUT2D eigenvalue weighted by Gasteiger charge is 2.17. The molecule has 0 amide bonds. The van der Waals surface area contributed by atoms with Gasteiger partial charge in [0.2, 0.25) is 11.7 Å². The number of thioether (sulfide) groups is 1. The van der Waals surface area contributed by atoms with Crippen LogP contribution in [-0.2, 0) is 5.75 Å². The van der Waals surface area contributed by atoms with Gasteiger partial charge in [-0.25, -0.2) is 4.98 Å². The normalized spacial score (nSPS) is 11.1. The average molecular weight is 479 g/mol. The number of methoxy groups -OCH3 is 2. The Morgan fingerprint density at radius 3 is 2.64 bits per heavy atom. The molecule has 0 saturated carbocycles. The van der Waals surface area contributed by atoms with Crippen LogP contribution in [0.3, 0.4) is 0 Å². The van der Waals surface area contributed by atoms with Crippen molar-refractivity contribution in [3.8, 4) is 28.6 Å². The van der Waals surface area contributed by atoms with Gasteiger partial charge >= 0.3 is 0 Å². The minimum absolute atomic E-state index is 0.0970. The lowest BCUT2D eigenvalue weighted by molar-refractivity contribution is 0.355. The summed E-state index contributed by atoms with van der Waals surface area (Å²) in [4.78, 5) is 22.4. The summed E-state index contributed by atoms with van der Waals surface area (Å²) in [5, 5.41) is 6.52. The third kappa shape index (κ3) is 4.10. The standard InChI is InChI=1S/C23H18N4O4S2/c1-29-17-9-8-14(12-18(17)30-2)21-25-19(31-26-21)13-33-23-24-16-10-11-32-20(16)22(28)27(23)15-6-4-3-5-7-15/h3-12H,13H2,1-2H3. The number of fused-ring (bicyclic) bond motifs is 1. The van der Waals surface area contributed by atoms with E-state index in [9.17, 15) is 4.79 Å². The summed E-state index contributed by atoms with van der Waals surface area (Å²) >= 11 is 2.75. The maximum Gasteiger partial charge on any atom is 0.276 e. The van der Waals surface area contributed by atoms with Crippen LogP contribution in [0, 0.1) is 0 Å².